The first-order valence-corrected chi connectivity index (χ1v) is 8.81. The largest absolute Gasteiger partial charge is 0.332 e. The number of aromatic nitrogens is 1. The number of likely N-dealkylation sites (tertiary alicyclic amines) is 1. The average Bonchev–Trinajstić information content (AvgIpc) is 2.65. The lowest BCUT2D eigenvalue weighted by Crippen LogP contribution is -2.56. The van der Waals surface area contributed by atoms with Crippen LogP contribution < -0.4 is 5.32 Å². The van der Waals surface area contributed by atoms with Gasteiger partial charge in [-0.1, -0.05) is 48.6 Å². The van der Waals surface area contributed by atoms with Gasteiger partial charge in [-0.05, 0) is 46.8 Å². The van der Waals surface area contributed by atoms with Crippen molar-refractivity contribution in [1.82, 2.24) is 9.88 Å². The molecule has 1 atom stereocenters. The van der Waals surface area contributed by atoms with Crippen LogP contribution in [0.3, 0.4) is 0 Å². The molecule has 2 heterocycles. The number of anilines is 1. The highest BCUT2D eigenvalue weighted by atomic mass is 32.1. The molecule has 4 nitrogen and oxygen atoms in total. The molecule has 1 unspecified atom stereocenters. The molecule has 1 fully saturated rings. The van der Waals surface area contributed by atoms with Crippen molar-refractivity contribution in [3.8, 4) is 0 Å². The van der Waals surface area contributed by atoms with E-state index in [-0.39, 0.29) is 11.9 Å². The maximum Gasteiger partial charge on any atom is 0.231 e. The number of β-lactam (4-membered cyclic amide) rings is 1. The third kappa shape index (κ3) is 3.34. The van der Waals surface area contributed by atoms with Crippen molar-refractivity contribution in [3.63, 3.8) is 0 Å². The number of benzene rings is 2. The third-order valence-electron chi connectivity index (χ3n) is 4.40. The number of amides is 1. The molecule has 0 aliphatic carbocycles. The van der Waals surface area contributed by atoms with Crippen LogP contribution in [0.4, 0.5) is 5.69 Å². The lowest BCUT2D eigenvalue weighted by atomic mass is 10.0. The molecule has 4 rings (SSSR count). The van der Waals surface area contributed by atoms with Gasteiger partial charge in [0.15, 0.2) is 5.11 Å². The molecule has 128 valence electrons. The Balaban J connectivity index is 1.47. The van der Waals surface area contributed by atoms with Crippen molar-refractivity contribution < 1.29 is 4.79 Å². The Kier molecular flexibility index (Phi) is 4.46. The van der Waals surface area contributed by atoms with Gasteiger partial charge in [-0.15, -0.1) is 0 Å². The summed E-state index contributed by atoms with van der Waals surface area (Å²) in [6.45, 7) is 0. The second kappa shape index (κ2) is 7.06. The lowest BCUT2D eigenvalue weighted by molar-refractivity contribution is -0.136. The van der Waals surface area contributed by atoms with Crippen LogP contribution in [-0.4, -0.2) is 26.9 Å². The van der Waals surface area contributed by atoms with Crippen LogP contribution in [0.5, 0.6) is 0 Å². The predicted molar refractivity (Wildman–Crippen MR) is 109 cm³/mol. The monoisotopic (exact) mass is 359 g/mol. The Morgan fingerprint density at radius 2 is 2.00 bits per heavy atom. The number of nitrogens with zero attached hydrogens (tertiary/aromatic N) is 2. The molecular weight excluding hydrogens is 342 g/mol. The summed E-state index contributed by atoms with van der Waals surface area (Å²) in [6.07, 6.45) is 7.95. The molecule has 5 heteroatoms. The maximum absolute atomic E-state index is 12.0. The molecule has 0 bridgehead atoms. The number of thiocarbonyl (C=S) groups is 1. The van der Waals surface area contributed by atoms with Crippen molar-refractivity contribution in [3.05, 3.63) is 78.6 Å². The standard InChI is InChI=1S/C21H17N3OS/c25-20-13-19(10-7-15-4-3-11-22-14-15)24(20)21(26)23-18-9-8-16-5-1-2-6-17(16)12-18/h1-12,14,19H,13H2,(H,23,26)/b10-7+. The molecule has 0 spiro atoms. The van der Waals surface area contributed by atoms with Crippen LogP contribution in [0.1, 0.15) is 12.0 Å². The normalized spacial score (nSPS) is 16.7. The summed E-state index contributed by atoms with van der Waals surface area (Å²) < 4.78 is 0. The van der Waals surface area contributed by atoms with Gasteiger partial charge in [0.2, 0.25) is 5.91 Å². The molecule has 0 saturated carbocycles. The molecule has 1 aromatic heterocycles. The van der Waals surface area contributed by atoms with E-state index < -0.39 is 0 Å². The van der Waals surface area contributed by atoms with Gasteiger partial charge in [-0.2, -0.15) is 0 Å². The van der Waals surface area contributed by atoms with E-state index in [2.05, 4.69) is 22.4 Å². The van der Waals surface area contributed by atoms with Crippen LogP contribution in [0, 0.1) is 0 Å². The summed E-state index contributed by atoms with van der Waals surface area (Å²) in [5, 5.41) is 5.91. The Bertz CT molecular complexity index is 1000. The molecule has 3 aromatic rings. The number of carbonyl (C=O) groups excluding carboxylic acids is 1. The van der Waals surface area contributed by atoms with E-state index in [9.17, 15) is 4.79 Å². The number of pyridine rings is 1. The van der Waals surface area contributed by atoms with Gasteiger partial charge in [-0.3, -0.25) is 14.7 Å². The molecule has 1 saturated heterocycles. The van der Waals surface area contributed by atoms with E-state index in [1.165, 1.54) is 5.39 Å². The van der Waals surface area contributed by atoms with E-state index in [4.69, 9.17) is 12.2 Å². The molecule has 26 heavy (non-hydrogen) atoms. The molecule has 1 aliphatic rings. The predicted octanol–water partition coefficient (Wildman–Crippen LogP) is 4.25. The Morgan fingerprint density at radius 3 is 2.77 bits per heavy atom. The molecule has 2 aromatic carbocycles. The first-order chi connectivity index (χ1) is 12.7. The Labute approximate surface area is 157 Å². The van der Waals surface area contributed by atoms with Crippen LogP contribution in [0.25, 0.3) is 16.8 Å². The summed E-state index contributed by atoms with van der Waals surface area (Å²) >= 11 is 5.46. The number of carbonyl (C=O) groups is 1. The zero-order valence-corrected chi connectivity index (χ0v) is 14.8. The quantitative estimate of drug-likeness (QED) is 0.561. The number of nitrogens with one attached hydrogen (secondary N) is 1. The van der Waals surface area contributed by atoms with Crippen molar-refractivity contribution in [2.45, 2.75) is 12.5 Å². The van der Waals surface area contributed by atoms with Gasteiger partial charge in [0.05, 0.1) is 12.5 Å². The summed E-state index contributed by atoms with van der Waals surface area (Å²) in [4.78, 5) is 17.8. The van der Waals surface area contributed by atoms with Gasteiger partial charge in [-0.25, -0.2) is 0 Å². The topological polar surface area (TPSA) is 45.2 Å². The van der Waals surface area contributed by atoms with Gasteiger partial charge >= 0.3 is 0 Å². The van der Waals surface area contributed by atoms with E-state index >= 15 is 0 Å². The van der Waals surface area contributed by atoms with Gasteiger partial charge in [0, 0.05) is 18.1 Å². The molecular formula is C21H17N3OS. The number of rotatable bonds is 3. The highest BCUT2D eigenvalue weighted by Crippen LogP contribution is 2.24. The average molecular weight is 359 g/mol. The van der Waals surface area contributed by atoms with Crippen molar-refractivity contribution >= 4 is 45.8 Å². The fraction of sp³-hybridized carbons (Fsp3) is 0.0952. The second-order valence-corrected chi connectivity index (χ2v) is 6.56. The maximum atomic E-state index is 12.0. The molecule has 1 aliphatic heterocycles. The lowest BCUT2D eigenvalue weighted by Gasteiger charge is -2.38. The fourth-order valence-electron chi connectivity index (χ4n) is 3.01. The first-order valence-electron chi connectivity index (χ1n) is 8.41. The highest BCUT2D eigenvalue weighted by molar-refractivity contribution is 7.80. The van der Waals surface area contributed by atoms with Crippen LogP contribution in [0.15, 0.2) is 73.1 Å². The van der Waals surface area contributed by atoms with Crippen LogP contribution in [-0.2, 0) is 4.79 Å². The van der Waals surface area contributed by atoms with E-state index in [1.807, 2.05) is 54.6 Å². The smallest absolute Gasteiger partial charge is 0.231 e. The summed E-state index contributed by atoms with van der Waals surface area (Å²) in [5.41, 5.74) is 1.88. The SMILES string of the molecule is O=C1CC(/C=C/c2cccnc2)N1C(=S)Nc1ccc2ccccc2c1. The van der Waals surface area contributed by atoms with E-state index in [1.54, 1.807) is 17.3 Å². The number of fused-ring (bicyclic) bond motifs is 1. The Morgan fingerprint density at radius 1 is 1.15 bits per heavy atom. The van der Waals surface area contributed by atoms with Crippen molar-refractivity contribution in [2.24, 2.45) is 0 Å². The van der Waals surface area contributed by atoms with Gasteiger partial charge in [0.1, 0.15) is 0 Å². The Hall–Kier alpha value is -3.05. The summed E-state index contributed by atoms with van der Waals surface area (Å²) in [6, 6.07) is 18.0. The molecule has 1 N–H and O–H groups in total. The first kappa shape index (κ1) is 16.4. The molecule has 0 radical (unpaired) electrons. The second-order valence-electron chi connectivity index (χ2n) is 6.17. The minimum Gasteiger partial charge on any atom is -0.332 e. The van der Waals surface area contributed by atoms with E-state index in [0.717, 1.165) is 16.6 Å². The summed E-state index contributed by atoms with van der Waals surface area (Å²) in [5.74, 6) is 0.0316. The van der Waals surface area contributed by atoms with Crippen LogP contribution in [0.2, 0.25) is 0 Å². The zero-order valence-electron chi connectivity index (χ0n) is 14.0. The van der Waals surface area contributed by atoms with Crippen molar-refractivity contribution in [2.75, 3.05) is 5.32 Å². The molecule has 1 amide bonds. The number of hydrogen-bond acceptors (Lipinski definition) is 3. The minimum atomic E-state index is -0.0248. The van der Waals surface area contributed by atoms with E-state index in [0.29, 0.717) is 11.5 Å². The van der Waals surface area contributed by atoms with Gasteiger partial charge in [0.25, 0.3) is 0 Å². The summed E-state index contributed by atoms with van der Waals surface area (Å²) in [7, 11) is 0. The van der Waals surface area contributed by atoms with Crippen LogP contribution >= 0.6 is 12.2 Å². The zero-order chi connectivity index (χ0) is 17.9. The third-order valence-corrected chi connectivity index (χ3v) is 4.70. The number of hydrogen-bond donors (Lipinski definition) is 1. The highest BCUT2D eigenvalue weighted by Gasteiger charge is 2.37. The van der Waals surface area contributed by atoms with Crippen molar-refractivity contribution in [1.29, 1.82) is 0 Å². The minimum absolute atomic E-state index is 0.0248. The van der Waals surface area contributed by atoms with Gasteiger partial charge < -0.3 is 5.32 Å². The fourth-order valence-corrected chi connectivity index (χ4v) is 3.36.